The van der Waals surface area contributed by atoms with Crippen LogP contribution in [0.3, 0.4) is 0 Å². The highest BCUT2D eigenvalue weighted by Gasteiger charge is 2.09. The summed E-state index contributed by atoms with van der Waals surface area (Å²) in [5.74, 6) is 1.10. The smallest absolute Gasteiger partial charge is 0.125 e. The Morgan fingerprint density at radius 1 is 1.43 bits per heavy atom. The first-order valence-electron chi connectivity index (χ1n) is 4.70. The van der Waals surface area contributed by atoms with Crippen molar-refractivity contribution in [1.29, 1.82) is 0 Å². The highest BCUT2D eigenvalue weighted by atomic mass is 16.5. The van der Waals surface area contributed by atoms with Crippen molar-refractivity contribution in [2.45, 2.75) is 13.3 Å². The van der Waals surface area contributed by atoms with E-state index in [9.17, 15) is 5.11 Å². The van der Waals surface area contributed by atoms with Crippen molar-refractivity contribution in [1.82, 2.24) is 5.32 Å². The molecule has 78 valence electrons. The maximum Gasteiger partial charge on any atom is 0.125 e. The molecule has 0 amide bonds. The zero-order valence-corrected chi connectivity index (χ0v) is 8.92. The molecule has 1 aromatic carbocycles. The molecule has 3 nitrogen and oxygen atoms in total. The predicted octanol–water partition coefficient (Wildman–Crippen LogP) is 1.47. The van der Waals surface area contributed by atoms with Crippen LogP contribution >= 0.6 is 0 Å². The summed E-state index contributed by atoms with van der Waals surface area (Å²) < 4.78 is 5.19. The highest BCUT2D eigenvalue weighted by Crippen LogP contribution is 2.30. The number of hydrogen-bond donors (Lipinski definition) is 2. The summed E-state index contributed by atoms with van der Waals surface area (Å²) >= 11 is 0. The summed E-state index contributed by atoms with van der Waals surface area (Å²) in [6.45, 7) is 2.71. The topological polar surface area (TPSA) is 41.5 Å². The van der Waals surface area contributed by atoms with Crippen molar-refractivity contribution in [3.05, 3.63) is 23.3 Å². The summed E-state index contributed by atoms with van der Waals surface area (Å²) in [6.07, 6.45) is 0.771. The van der Waals surface area contributed by atoms with E-state index < -0.39 is 0 Å². The summed E-state index contributed by atoms with van der Waals surface area (Å²) in [6, 6.07) is 3.75. The maximum atomic E-state index is 9.83. The molecular weight excluding hydrogens is 178 g/mol. The number of likely N-dealkylation sites (N-methyl/N-ethyl adjacent to an activating group) is 1. The van der Waals surface area contributed by atoms with Gasteiger partial charge in [-0.2, -0.15) is 0 Å². The molecular formula is C11H17NO2. The minimum absolute atomic E-state index is 0.347. The maximum absolute atomic E-state index is 9.83. The van der Waals surface area contributed by atoms with Crippen LogP contribution in [0.4, 0.5) is 0 Å². The highest BCUT2D eigenvalue weighted by molar-refractivity contribution is 5.48. The van der Waals surface area contributed by atoms with Gasteiger partial charge in [0.15, 0.2) is 0 Å². The number of aromatic hydroxyl groups is 1. The van der Waals surface area contributed by atoms with Crippen LogP contribution in [0.25, 0.3) is 0 Å². The second kappa shape index (κ2) is 4.86. The molecule has 0 aliphatic carbocycles. The zero-order chi connectivity index (χ0) is 10.6. The lowest BCUT2D eigenvalue weighted by molar-refractivity contribution is 0.398. The second-order valence-electron chi connectivity index (χ2n) is 3.27. The number of ether oxygens (including phenoxy) is 1. The molecule has 0 aliphatic heterocycles. The Bertz CT molecular complexity index is 310. The molecule has 14 heavy (non-hydrogen) atoms. The van der Waals surface area contributed by atoms with Gasteiger partial charge in [0.2, 0.25) is 0 Å². The monoisotopic (exact) mass is 195 g/mol. The molecule has 0 atom stereocenters. The van der Waals surface area contributed by atoms with Crippen LogP contribution in [0.15, 0.2) is 12.1 Å². The molecule has 0 aromatic heterocycles. The molecule has 0 unspecified atom stereocenters. The Balaban J connectivity index is 3.01. The number of benzene rings is 1. The lowest BCUT2D eigenvalue weighted by atomic mass is 10.1. The summed E-state index contributed by atoms with van der Waals surface area (Å²) in [7, 11) is 3.51. The molecule has 1 aromatic rings. The van der Waals surface area contributed by atoms with E-state index in [0.717, 1.165) is 29.8 Å². The number of rotatable bonds is 4. The van der Waals surface area contributed by atoms with Crippen molar-refractivity contribution in [2.24, 2.45) is 0 Å². The van der Waals surface area contributed by atoms with Crippen LogP contribution in [0.1, 0.15) is 11.1 Å². The van der Waals surface area contributed by atoms with Gasteiger partial charge in [-0.15, -0.1) is 0 Å². The number of phenolic OH excluding ortho intramolecular Hbond substituents is 1. The zero-order valence-electron chi connectivity index (χ0n) is 8.92. The number of nitrogens with one attached hydrogen (secondary N) is 1. The van der Waals surface area contributed by atoms with Crippen LogP contribution in [-0.4, -0.2) is 25.8 Å². The first-order valence-corrected chi connectivity index (χ1v) is 4.70. The second-order valence-corrected chi connectivity index (χ2v) is 3.27. The van der Waals surface area contributed by atoms with Crippen LogP contribution in [0.5, 0.6) is 11.5 Å². The quantitative estimate of drug-likeness (QED) is 0.764. The summed E-state index contributed by atoms with van der Waals surface area (Å²) in [5.41, 5.74) is 1.76. The van der Waals surface area contributed by atoms with Gasteiger partial charge in [0.05, 0.1) is 7.11 Å². The van der Waals surface area contributed by atoms with Crippen LogP contribution in [0, 0.1) is 6.92 Å². The third-order valence-corrected chi connectivity index (χ3v) is 2.29. The average Bonchev–Trinajstić information content (AvgIpc) is 2.20. The number of phenols is 1. The fourth-order valence-electron chi connectivity index (χ4n) is 1.42. The van der Waals surface area contributed by atoms with Gasteiger partial charge in [0.1, 0.15) is 11.5 Å². The van der Waals surface area contributed by atoms with E-state index in [4.69, 9.17) is 4.74 Å². The Labute approximate surface area is 84.7 Å². The molecule has 0 bridgehead atoms. The van der Waals surface area contributed by atoms with E-state index in [1.165, 1.54) is 0 Å². The number of hydrogen-bond acceptors (Lipinski definition) is 3. The van der Waals surface area contributed by atoms with Gasteiger partial charge in [-0.1, -0.05) is 6.07 Å². The van der Waals surface area contributed by atoms with E-state index in [-0.39, 0.29) is 0 Å². The molecule has 0 fully saturated rings. The third kappa shape index (κ3) is 2.17. The molecule has 0 radical (unpaired) electrons. The normalized spacial score (nSPS) is 10.2. The van der Waals surface area contributed by atoms with E-state index in [0.29, 0.717) is 5.75 Å². The van der Waals surface area contributed by atoms with Gasteiger partial charge in [-0.3, -0.25) is 0 Å². The molecule has 0 saturated heterocycles. The van der Waals surface area contributed by atoms with Crippen molar-refractivity contribution in [3.8, 4) is 11.5 Å². The van der Waals surface area contributed by atoms with Gasteiger partial charge in [0.25, 0.3) is 0 Å². The number of aryl methyl sites for hydroxylation is 1. The molecule has 0 aliphatic rings. The van der Waals surface area contributed by atoms with Crippen molar-refractivity contribution in [2.75, 3.05) is 20.7 Å². The Hall–Kier alpha value is -1.22. The van der Waals surface area contributed by atoms with Gasteiger partial charge in [-0.25, -0.2) is 0 Å². The van der Waals surface area contributed by atoms with Crippen molar-refractivity contribution >= 4 is 0 Å². The van der Waals surface area contributed by atoms with Crippen LogP contribution < -0.4 is 10.1 Å². The van der Waals surface area contributed by atoms with E-state index in [2.05, 4.69) is 5.32 Å². The van der Waals surface area contributed by atoms with Crippen molar-refractivity contribution in [3.63, 3.8) is 0 Å². The van der Waals surface area contributed by atoms with Gasteiger partial charge < -0.3 is 15.2 Å². The molecule has 2 N–H and O–H groups in total. The SMILES string of the molecule is CNCCc1c(OC)ccc(C)c1O. The predicted molar refractivity (Wildman–Crippen MR) is 57.0 cm³/mol. The first kappa shape index (κ1) is 10.9. The summed E-state index contributed by atoms with van der Waals surface area (Å²) in [5, 5.41) is 12.9. The number of methoxy groups -OCH3 is 1. The molecule has 3 heteroatoms. The van der Waals surface area contributed by atoms with E-state index in [1.807, 2.05) is 26.1 Å². The molecule has 0 spiro atoms. The average molecular weight is 195 g/mol. The minimum Gasteiger partial charge on any atom is -0.507 e. The van der Waals surface area contributed by atoms with Crippen molar-refractivity contribution < 1.29 is 9.84 Å². The minimum atomic E-state index is 0.347. The Morgan fingerprint density at radius 2 is 2.14 bits per heavy atom. The lowest BCUT2D eigenvalue weighted by Gasteiger charge is -2.11. The van der Waals surface area contributed by atoms with Gasteiger partial charge in [0, 0.05) is 5.56 Å². The standard InChI is InChI=1S/C11H17NO2/c1-8-4-5-10(14-3)9(11(8)13)6-7-12-2/h4-5,12-13H,6-7H2,1-3H3. The first-order chi connectivity index (χ1) is 6.70. The summed E-state index contributed by atoms with van der Waals surface area (Å²) in [4.78, 5) is 0. The Morgan fingerprint density at radius 3 is 2.71 bits per heavy atom. The molecule has 1 rings (SSSR count). The van der Waals surface area contributed by atoms with Crippen LogP contribution in [-0.2, 0) is 6.42 Å². The van der Waals surface area contributed by atoms with Gasteiger partial charge >= 0.3 is 0 Å². The fourth-order valence-corrected chi connectivity index (χ4v) is 1.42. The van der Waals surface area contributed by atoms with E-state index in [1.54, 1.807) is 7.11 Å². The Kier molecular flexibility index (Phi) is 3.77. The van der Waals surface area contributed by atoms with E-state index >= 15 is 0 Å². The molecule has 0 heterocycles. The van der Waals surface area contributed by atoms with Crippen LogP contribution in [0.2, 0.25) is 0 Å². The fraction of sp³-hybridized carbons (Fsp3) is 0.455. The molecule has 0 saturated carbocycles. The third-order valence-electron chi connectivity index (χ3n) is 2.29. The largest absolute Gasteiger partial charge is 0.507 e. The lowest BCUT2D eigenvalue weighted by Crippen LogP contribution is -2.11. The van der Waals surface area contributed by atoms with Gasteiger partial charge in [-0.05, 0) is 38.6 Å².